The predicted molar refractivity (Wildman–Crippen MR) is 144 cm³/mol. The fourth-order valence-electron chi connectivity index (χ4n) is 3.94. The molecular formula is C27H46ClN3O5. The molecule has 4 atom stereocenters. The molecule has 36 heavy (non-hydrogen) atoms. The number of nitrogens with one attached hydrogen (secondary N) is 1. The van der Waals surface area contributed by atoms with Crippen LogP contribution in [0.1, 0.15) is 58.4 Å². The van der Waals surface area contributed by atoms with Gasteiger partial charge in [-0.3, -0.25) is 4.79 Å². The van der Waals surface area contributed by atoms with Crippen molar-refractivity contribution in [2.24, 2.45) is 23.5 Å². The molecule has 8 nitrogen and oxygen atoms in total. The number of nitrogens with zero attached hydrogens (tertiary/aromatic N) is 1. The van der Waals surface area contributed by atoms with Gasteiger partial charge in [-0.1, -0.05) is 26.8 Å². The topological polar surface area (TPSA) is 127 Å². The molecule has 0 aliphatic rings. The summed E-state index contributed by atoms with van der Waals surface area (Å²) >= 11 is 0. The molecule has 0 aliphatic carbocycles. The van der Waals surface area contributed by atoms with E-state index in [1.807, 2.05) is 18.2 Å². The minimum absolute atomic E-state index is 0. The highest BCUT2D eigenvalue weighted by molar-refractivity contribution is 5.85. The van der Waals surface area contributed by atoms with Crippen molar-refractivity contribution in [2.75, 3.05) is 34.0 Å². The van der Waals surface area contributed by atoms with Crippen LogP contribution in [0.5, 0.6) is 11.5 Å². The summed E-state index contributed by atoms with van der Waals surface area (Å²) in [6.07, 6.45) is 2.80. The minimum atomic E-state index is -0.772. The lowest BCUT2D eigenvalue weighted by Crippen LogP contribution is -2.41. The van der Waals surface area contributed by atoms with Crippen molar-refractivity contribution in [3.05, 3.63) is 23.8 Å². The van der Waals surface area contributed by atoms with Crippen LogP contribution in [-0.2, 0) is 16.0 Å². The SMILES string of the molecule is COCCCOc1cc(C[C@@H](C[C@H](N)[C@@H](O)C[C@@H](C)C(=O)NCCCC#N)C(C)C)ccc1OC.Cl. The van der Waals surface area contributed by atoms with Gasteiger partial charge >= 0.3 is 0 Å². The number of halogens is 1. The number of nitrogens with two attached hydrogens (primary N) is 1. The standard InChI is InChI=1S/C27H45N3O5.ClH/c1-19(2)22(16-21-9-10-25(34-5)26(17-21)35-14-8-13-33-4)18-23(29)24(31)15-20(3)27(32)30-12-7-6-11-28;/h9-10,17,19-20,22-24,31H,6-8,12-16,18,29H2,1-5H3,(H,30,32);1H/t20-,22+,23+,24+;/m1./s1. The van der Waals surface area contributed by atoms with Crippen molar-refractivity contribution >= 4 is 18.3 Å². The number of amides is 1. The summed E-state index contributed by atoms with van der Waals surface area (Å²) in [4.78, 5) is 12.3. The Hall–Kier alpha value is -2.05. The number of aliphatic hydroxyl groups is 1. The minimum Gasteiger partial charge on any atom is -0.493 e. The van der Waals surface area contributed by atoms with Crippen molar-refractivity contribution in [2.45, 2.75) is 71.4 Å². The first-order chi connectivity index (χ1) is 16.7. The Bertz CT molecular complexity index is 787. The summed E-state index contributed by atoms with van der Waals surface area (Å²) in [5, 5.41) is 22.1. The van der Waals surface area contributed by atoms with Crippen LogP contribution in [-0.4, -0.2) is 57.1 Å². The summed E-state index contributed by atoms with van der Waals surface area (Å²) in [7, 11) is 3.30. The third-order valence-electron chi connectivity index (χ3n) is 6.30. The highest BCUT2D eigenvalue weighted by atomic mass is 35.5. The second-order valence-corrected chi connectivity index (χ2v) is 9.54. The molecule has 0 saturated carbocycles. The van der Waals surface area contributed by atoms with E-state index in [1.54, 1.807) is 21.1 Å². The maximum atomic E-state index is 12.3. The van der Waals surface area contributed by atoms with Gasteiger partial charge in [0.2, 0.25) is 5.91 Å². The van der Waals surface area contributed by atoms with Crippen LogP contribution in [0, 0.1) is 29.1 Å². The lowest BCUT2D eigenvalue weighted by molar-refractivity contribution is -0.125. The van der Waals surface area contributed by atoms with E-state index < -0.39 is 12.1 Å². The van der Waals surface area contributed by atoms with Crippen LogP contribution in [0.15, 0.2) is 18.2 Å². The molecule has 0 saturated heterocycles. The van der Waals surface area contributed by atoms with Crippen LogP contribution in [0.25, 0.3) is 0 Å². The number of benzene rings is 1. The molecule has 1 rings (SSSR count). The van der Waals surface area contributed by atoms with Gasteiger partial charge in [0, 0.05) is 45.1 Å². The molecule has 206 valence electrons. The van der Waals surface area contributed by atoms with Crippen LogP contribution < -0.4 is 20.5 Å². The van der Waals surface area contributed by atoms with E-state index in [0.717, 1.165) is 18.4 Å². The van der Waals surface area contributed by atoms with Crippen molar-refractivity contribution < 1.29 is 24.1 Å². The number of carbonyl (C=O) groups is 1. The predicted octanol–water partition coefficient (Wildman–Crippen LogP) is 3.87. The largest absolute Gasteiger partial charge is 0.493 e. The van der Waals surface area contributed by atoms with Gasteiger partial charge in [0.1, 0.15) is 0 Å². The van der Waals surface area contributed by atoms with Gasteiger partial charge in [-0.2, -0.15) is 5.26 Å². The third-order valence-corrected chi connectivity index (χ3v) is 6.30. The molecule has 1 aromatic rings. The van der Waals surface area contributed by atoms with Crippen LogP contribution in [0.2, 0.25) is 0 Å². The molecule has 1 amide bonds. The number of nitriles is 1. The first-order valence-corrected chi connectivity index (χ1v) is 12.6. The van der Waals surface area contributed by atoms with Gasteiger partial charge in [0.25, 0.3) is 0 Å². The van der Waals surface area contributed by atoms with Gasteiger partial charge in [0.15, 0.2) is 11.5 Å². The summed E-state index contributed by atoms with van der Waals surface area (Å²) < 4.78 is 16.4. The molecule has 0 heterocycles. The highest BCUT2D eigenvalue weighted by Gasteiger charge is 2.26. The van der Waals surface area contributed by atoms with Crippen LogP contribution in [0.4, 0.5) is 0 Å². The number of hydrogen-bond donors (Lipinski definition) is 3. The summed E-state index contributed by atoms with van der Waals surface area (Å²) in [5.41, 5.74) is 7.52. The monoisotopic (exact) mass is 527 g/mol. The quantitative estimate of drug-likeness (QED) is 0.247. The molecule has 0 bridgehead atoms. The van der Waals surface area contributed by atoms with Gasteiger partial charge < -0.3 is 30.4 Å². The van der Waals surface area contributed by atoms with E-state index in [0.29, 0.717) is 62.9 Å². The van der Waals surface area contributed by atoms with E-state index in [2.05, 4.69) is 25.2 Å². The second-order valence-electron chi connectivity index (χ2n) is 9.54. The number of hydrogen-bond acceptors (Lipinski definition) is 7. The molecule has 1 aromatic carbocycles. The number of methoxy groups -OCH3 is 2. The Labute approximate surface area is 223 Å². The number of ether oxygens (including phenoxy) is 3. The van der Waals surface area contributed by atoms with E-state index in [1.165, 1.54) is 0 Å². The molecule has 0 spiro atoms. The Morgan fingerprint density at radius 2 is 1.86 bits per heavy atom. The van der Waals surface area contributed by atoms with Crippen molar-refractivity contribution in [1.82, 2.24) is 5.32 Å². The number of rotatable bonds is 18. The zero-order valence-electron chi connectivity index (χ0n) is 22.5. The van der Waals surface area contributed by atoms with Gasteiger partial charge in [0.05, 0.1) is 25.9 Å². The first kappa shape index (κ1) is 34.0. The van der Waals surface area contributed by atoms with Gasteiger partial charge in [-0.25, -0.2) is 0 Å². The normalized spacial score (nSPS) is 14.2. The third kappa shape index (κ3) is 12.8. The van der Waals surface area contributed by atoms with Crippen LogP contribution in [0.3, 0.4) is 0 Å². The molecule has 0 fully saturated rings. The Morgan fingerprint density at radius 3 is 2.47 bits per heavy atom. The van der Waals surface area contributed by atoms with Crippen molar-refractivity contribution in [3.8, 4) is 17.6 Å². The summed E-state index contributed by atoms with van der Waals surface area (Å²) in [6.45, 7) is 7.76. The maximum Gasteiger partial charge on any atom is 0.222 e. The number of unbranched alkanes of at least 4 members (excludes halogenated alkanes) is 1. The van der Waals surface area contributed by atoms with E-state index in [4.69, 9.17) is 25.2 Å². The number of aliphatic hydroxyl groups excluding tert-OH is 1. The zero-order valence-corrected chi connectivity index (χ0v) is 23.3. The van der Waals surface area contributed by atoms with Gasteiger partial charge in [-0.05, 0) is 55.2 Å². The lowest BCUT2D eigenvalue weighted by atomic mass is 9.82. The van der Waals surface area contributed by atoms with Gasteiger partial charge in [-0.15, -0.1) is 12.4 Å². The lowest BCUT2D eigenvalue weighted by Gasteiger charge is -2.28. The smallest absolute Gasteiger partial charge is 0.222 e. The summed E-state index contributed by atoms with van der Waals surface area (Å²) in [6, 6.07) is 7.60. The Kier molecular flexibility index (Phi) is 18.0. The Morgan fingerprint density at radius 1 is 1.14 bits per heavy atom. The number of carbonyl (C=O) groups excluding carboxylic acids is 1. The molecule has 0 radical (unpaired) electrons. The average Bonchev–Trinajstić information content (AvgIpc) is 2.83. The molecule has 0 unspecified atom stereocenters. The first-order valence-electron chi connectivity index (χ1n) is 12.6. The second kappa shape index (κ2) is 19.1. The fourth-order valence-corrected chi connectivity index (χ4v) is 3.94. The molecular weight excluding hydrogens is 482 g/mol. The van der Waals surface area contributed by atoms with Crippen molar-refractivity contribution in [1.29, 1.82) is 5.26 Å². The zero-order chi connectivity index (χ0) is 26.2. The molecule has 9 heteroatoms. The fraction of sp³-hybridized carbons (Fsp3) is 0.704. The van der Waals surface area contributed by atoms with E-state index in [9.17, 15) is 9.90 Å². The Balaban J connectivity index is 0.0000122. The van der Waals surface area contributed by atoms with E-state index >= 15 is 0 Å². The average molecular weight is 528 g/mol. The van der Waals surface area contributed by atoms with Crippen LogP contribution >= 0.6 is 12.4 Å². The molecule has 0 aliphatic heterocycles. The maximum absolute atomic E-state index is 12.3. The highest BCUT2D eigenvalue weighted by Crippen LogP contribution is 2.31. The van der Waals surface area contributed by atoms with Crippen molar-refractivity contribution in [3.63, 3.8) is 0 Å². The molecule has 0 aromatic heterocycles. The summed E-state index contributed by atoms with van der Waals surface area (Å²) in [5.74, 6) is 1.55. The molecule has 4 N–H and O–H groups in total. The van der Waals surface area contributed by atoms with E-state index in [-0.39, 0.29) is 30.2 Å².